The topological polar surface area (TPSA) is 85.2 Å². The van der Waals surface area contributed by atoms with Gasteiger partial charge in [0.1, 0.15) is 12.2 Å². The maximum Gasteiger partial charge on any atom is 0.243 e. The van der Waals surface area contributed by atoms with Crippen molar-refractivity contribution in [2.45, 2.75) is 71.1 Å². The molecule has 0 aromatic heterocycles. The van der Waals surface area contributed by atoms with E-state index in [1.54, 1.807) is 0 Å². The lowest BCUT2D eigenvalue weighted by molar-refractivity contribution is -0.132. The Balaban J connectivity index is 1.85. The minimum atomic E-state index is -1.12. The predicted molar refractivity (Wildman–Crippen MR) is 96.6 cm³/mol. The minimum absolute atomic E-state index is 0.00829. The molecule has 0 radical (unpaired) electrons. The molecule has 26 heavy (non-hydrogen) atoms. The molecule has 0 saturated carbocycles. The van der Waals surface area contributed by atoms with E-state index in [1.165, 1.54) is 4.90 Å². The van der Waals surface area contributed by atoms with Crippen LogP contribution in [0.5, 0.6) is 0 Å². The highest BCUT2D eigenvalue weighted by atomic mass is 19.1. The van der Waals surface area contributed by atoms with Crippen molar-refractivity contribution >= 4 is 11.8 Å². The molecule has 1 aliphatic heterocycles. The molecule has 2 amide bonds. The van der Waals surface area contributed by atoms with E-state index in [0.29, 0.717) is 19.3 Å². The molecular formula is C19H29FN4O2. The van der Waals surface area contributed by atoms with Gasteiger partial charge in [-0.05, 0) is 32.6 Å². The number of hydrogen-bond acceptors (Lipinski definition) is 4. The van der Waals surface area contributed by atoms with Gasteiger partial charge in [-0.15, -0.1) is 0 Å². The summed E-state index contributed by atoms with van der Waals surface area (Å²) in [6.07, 6.45) is 3.84. The minimum Gasteiger partial charge on any atom is -0.380 e. The Morgan fingerprint density at radius 2 is 2.27 bits per heavy atom. The van der Waals surface area contributed by atoms with Crippen LogP contribution in [0.25, 0.3) is 0 Å². The molecule has 1 unspecified atom stereocenters. The van der Waals surface area contributed by atoms with Crippen LogP contribution < -0.4 is 10.6 Å². The van der Waals surface area contributed by atoms with Gasteiger partial charge < -0.3 is 15.5 Å². The summed E-state index contributed by atoms with van der Waals surface area (Å²) in [6, 6.07) is 1.47. The van der Waals surface area contributed by atoms with Gasteiger partial charge in [0.15, 0.2) is 0 Å². The monoisotopic (exact) mass is 364 g/mol. The number of hydrogen-bond donors (Lipinski definition) is 2. The van der Waals surface area contributed by atoms with Crippen LogP contribution in [-0.4, -0.2) is 48.1 Å². The smallest absolute Gasteiger partial charge is 0.243 e. The summed E-state index contributed by atoms with van der Waals surface area (Å²) in [7, 11) is 0. The SMILES string of the molecule is CC[C@H](C)NC(=O)C1(C)CC=C(NCC(=O)N2C[C@@H](F)C[C@H]2C#N)CC1. The highest BCUT2D eigenvalue weighted by Crippen LogP contribution is 2.34. The van der Waals surface area contributed by atoms with E-state index in [4.69, 9.17) is 5.26 Å². The van der Waals surface area contributed by atoms with Crippen LogP contribution >= 0.6 is 0 Å². The number of allylic oxidation sites excluding steroid dienone is 2. The van der Waals surface area contributed by atoms with Gasteiger partial charge in [-0.2, -0.15) is 5.26 Å². The van der Waals surface area contributed by atoms with Crippen LogP contribution in [0.15, 0.2) is 11.8 Å². The summed E-state index contributed by atoms with van der Waals surface area (Å²) >= 11 is 0. The zero-order valence-electron chi connectivity index (χ0n) is 15.8. The molecule has 1 aliphatic carbocycles. The van der Waals surface area contributed by atoms with Gasteiger partial charge in [0, 0.05) is 18.2 Å². The molecule has 1 fully saturated rings. The Kier molecular flexibility index (Phi) is 6.63. The number of carbonyl (C=O) groups is 2. The Hall–Kier alpha value is -2.10. The summed E-state index contributed by atoms with van der Waals surface area (Å²) in [5.41, 5.74) is 0.498. The molecular weight excluding hydrogens is 335 g/mol. The maximum atomic E-state index is 13.4. The Morgan fingerprint density at radius 3 is 2.85 bits per heavy atom. The molecule has 1 saturated heterocycles. The Morgan fingerprint density at radius 1 is 1.54 bits per heavy atom. The molecule has 0 aromatic carbocycles. The summed E-state index contributed by atoms with van der Waals surface area (Å²) in [6.45, 7) is 6.03. The van der Waals surface area contributed by atoms with Crippen LogP contribution in [-0.2, 0) is 9.59 Å². The van der Waals surface area contributed by atoms with E-state index >= 15 is 0 Å². The average Bonchev–Trinajstić information content (AvgIpc) is 3.01. The van der Waals surface area contributed by atoms with Gasteiger partial charge in [-0.1, -0.05) is 19.9 Å². The standard InChI is InChI=1S/C19H29FN4O2/c1-4-13(2)23-18(26)19(3)7-5-15(6-8-19)22-11-17(25)24-12-14(20)9-16(24)10-21/h5,13-14,16,22H,4,6-9,11-12H2,1-3H3,(H,23,26)/t13-,14-,16-,19?/m0/s1. The Labute approximate surface area is 154 Å². The number of likely N-dealkylation sites (tertiary alicyclic amines) is 1. The number of alkyl halides is 1. The molecule has 7 heteroatoms. The fraction of sp³-hybridized carbons (Fsp3) is 0.737. The molecule has 0 bridgehead atoms. The normalized spacial score (nSPS) is 29.5. The first-order valence-electron chi connectivity index (χ1n) is 9.36. The van der Waals surface area contributed by atoms with E-state index in [0.717, 1.165) is 12.1 Å². The average molecular weight is 364 g/mol. The fourth-order valence-corrected chi connectivity index (χ4v) is 3.30. The van der Waals surface area contributed by atoms with Gasteiger partial charge in [0.05, 0.1) is 24.6 Å². The van der Waals surface area contributed by atoms with Gasteiger partial charge in [-0.3, -0.25) is 9.59 Å². The molecule has 2 rings (SSSR count). The van der Waals surface area contributed by atoms with Crippen LogP contribution in [0.2, 0.25) is 0 Å². The zero-order valence-corrected chi connectivity index (χ0v) is 15.8. The third-order valence-corrected chi connectivity index (χ3v) is 5.47. The largest absolute Gasteiger partial charge is 0.380 e. The highest BCUT2D eigenvalue weighted by Gasteiger charge is 2.36. The molecule has 2 N–H and O–H groups in total. The first-order valence-corrected chi connectivity index (χ1v) is 9.36. The van der Waals surface area contributed by atoms with Crippen molar-refractivity contribution in [2.75, 3.05) is 13.1 Å². The fourth-order valence-electron chi connectivity index (χ4n) is 3.30. The van der Waals surface area contributed by atoms with Crippen molar-refractivity contribution in [3.63, 3.8) is 0 Å². The third-order valence-electron chi connectivity index (χ3n) is 5.47. The predicted octanol–water partition coefficient (Wildman–Crippen LogP) is 2.03. The molecule has 6 nitrogen and oxygen atoms in total. The summed E-state index contributed by atoms with van der Waals surface area (Å²) in [4.78, 5) is 26.0. The zero-order chi connectivity index (χ0) is 19.3. The molecule has 4 atom stereocenters. The van der Waals surface area contributed by atoms with Crippen LogP contribution in [0.3, 0.4) is 0 Å². The first-order chi connectivity index (χ1) is 12.3. The van der Waals surface area contributed by atoms with Crippen molar-refractivity contribution in [1.82, 2.24) is 15.5 Å². The van der Waals surface area contributed by atoms with Crippen molar-refractivity contribution in [1.29, 1.82) is 5.26 Å². The third kappa shape index (κ3) is 4.75. The van der Waals surface area contributed by atoms with Crippen molar-refractivity contribution in [2.24, 2.45) is 5.41 Å². The van der Waals surface area contributed by atoms with Gasteiger partial charge >= 0.3 is 0 Å². The number of nitriles is 1. The van der Waals surface area contributed by atoms with Gasteiger partial charge in [0.25, 0.3) is 0 Å². The number of halogens is 1. The second-order valence-electron chi connectivity index (χ2n) is 7.65. The number of carbonyl (C=O) groups excluding carboxylic acids is 2. The van der Waals surface area contributed by atoms with E-state index < -0.39 is 17.6 Å². The summed E-state index contributed by atoms with van der Waals surface area (Å²) in [5, 5.41) is 15.2. The number of amides is 2. The van der Waals surface area contributed by atoms with Gasteiger partial charge in [-0.25, -0.2) is 4.39 Å². The van der Waals surface area contributed by atoms with E-state index in [2.05, 4.69) is 10.6 Å². The molecule has 0 spiro atoms. The lowest BCUT2D eigenvalue weighted by atomic mass is 9.77. The quantitative estimate of drug-likeness (QED) is 0.755. The molecule has 0 aromatic rings. The number of nitrogens with one attached hydrogen (secondary N) is 2. The van der Waals surface area contributed by atoms with Crippen LogP contribution in [0.4, 0.5) is 4.39 Å². The molecule has 2 aliphatic rings. The van der Waals surface area contributed by atoms with Crippen LogP contribution in [0, 0.1) is 16.7 Å². The summed E-state index contributed by atoms with van der Waals surface area (Å²) < 4.78 is 13.4. The Bertz CT molecular complexity index is 615. The summed E-state index contributed by atoms with van der Waals surface area (Å²) in [5.74, 6) is -0.193. The van der Waals surface area contributed by atoms with Gasteiger partial charge in [0.2, 0.25) is 11.8 Å². The highest BCUT2D eigenvalue weighted by molar-refractivity contribution is 5.83. The lowest BCUT2D eigenvalue weighted by Gasteiger charge is -2.33. The van der Waals surface area contributed by atoms with E-state index in [-0.39, 0.29) is 37.4 Å². The maximum absolute atomic E-state index is 13.4. The van der Waals surface area contributed by atoms with Crippen molar-refractivity contribution < 1.29 is 14.0 Å². The molecule has 144 valence electrons. The van der Waals surface area contributed by atoms with E-state index in [1.807, 2.05) is 32.9 Å². The lowest BCUT2D eigenvalue weighted by Crippen LogP contribution is -2.44. The number of rotatable bonds is 6. The number of nitrogens with zero attached hydrogens (tertiary/aromatic N) is 2. The van der Waals surface area contributed by atoms with Crippen molar-refractivity contribution in [3.05, 3.63) is 11.8 Å². The first kappa shape index (κ1) is 20.2. The second kappa shape index (κ2) is 8.52. The second-order valence-corrected chi connectivity index (χ2v) is 7.65. The van der Waals surface area contributed by atoms with E-state index in [9.17, 15) is 14.0 Å². The van der Waals surface area contributed by atoms with Crippen molar-refractivity contribution in [3.8, 4) is 6.07 Å². The van der Waals surface area contributed by atoms with Crippen LogP contribution in [0.1, 0.15) is 52.9 Å². The molecule has 1 heterocycles.